The largest absolute Gasteiger partial charge is 0.309 e. The van der Waals surface area contributed by atoms with Crippen LogP contribution in [-0.2, 0) is 0 Å². The Balaban J connectivity index is 0.000000162. The zero-order chi connectivity index (χ0) is 11.1. The topological polar surface area (TPSA) is 86.0 Å². The van der Waals surface area contributed by atoms with E-state index in [1.54, 1.807) is 0 Å². The number of nitrogens with zero attached hydrogens (tertiary/aromatic N) is 3. The van der Waals surface area contributed by atoms with Crippen LogP contribution >= 0.6 is 36.7 Å². The second kappa shape index (κ2) is 6.22. The van der Waals surface area contributed by atoms with Gasteiger partial charge >= 0.3 is 0 Å². The van der Waals surface area contributed by atoms with E-state index < -0.39 is 0 Å². The number of H-pyrrole nitrogens is 3. The van der Waals surface area contributed by atoms with Crippen LogP contribution < -0.4 is 0 Å². The van der Waals surface area contributed by atoms with Crippen LogP contribution in [0.1, 0.15) is 0 Å². The molecule has 0 aromatic carbocycles. The normalized spacial score (nSPS) is 8.80. The van der Waals surface area contributed by atoms with Gasteiger partial charge in [-0.1, -0.05) is 0 Å². The number of rotatable bonds is 0. The van der Waals surface area contributed by atoms with E-state index in [1.807, 2.05) is 0 Å². The summed E-state index contributed by atoms with van der Waals surface area (Å²) in [5.41, 5.74) is 0. The molecule has 9 heteroatoms. The fraction of sp³-hybridized carbons (Fsp3) is 0. The number of aromatic amines is 3. The predicted molar refractivity (Wildman–Crippen MR) is 61.8 cm³/mol. The Bertz CT molecular complexity index is 450. The van der Waals surface area contributed by atoms with E-state index in [0.717, 1.165) is 0 Å². The van der Waals surface area contributed by atoms with E-state index in [4.69, 9.17) is 36.7 Å². The SMILES string of the molecule is S=c1[nH]c(=S)[nH]c(=S)[nH]1.c1ncncn1. The number of nitrogens with one attached hydrogen (secondary N) is 3. The molecule has 0 radical (unpaired) electrons. The first-order valence-electron chi connectivity index (χ1n) is 3.66. The number of hydrogen-bond acceptors (Lipinski definition) is 6. The quantitative estimate of drug-likeness (QED) is 0.624. The Hall–Kier alpha value is -1.32. The van der Waals surface area contributed by atoms with Crippen molar-refractivity contribution in [1.29, 1.82) is 0 Å². The maximum Gasteiger partial charge on any atom is 0.178 e. The molecular weight excluding hydrogens is 252 g/mol. The molecule has 0 bridgehead atoms. The molecule has 78 valence electrons. The van der Waals surface area contributed by atoms with Crippen molar-refractivity contribution in [3.05, 3.63) is 33.3 Å². The lowest BCUT2D eigenvalue weighted by molar-refractivity contribution is 0.983. The molecule has 0 fully saturated rings. The molecule has 0 aliphatic carbocycles. The van der Waals surface area contributed by atoms with Gasteiger partial charge in [0.25, 0.3) is 0 Å². The molecular formula is C6H6N6S3. The van der Waals surface area contributed by atoms with Crippen molar-refractivity contribution in [3.8, 4) is 0 Å². The van der Waals surface area contributed by atoms with Gasteiger partial charge in [-0.2, -0.15) is 0 Å². The minimum atomic E-state index is 0.448. The van der Waals surface area contributed by atoms with E-state index in [0.29, 0.717) is 14.3 Å². The van der Waals surface area contributed by atoms with Crippen LogP contribution in [0, 0.1) is 14.3 Å². The van der Waals surface area contributed by atoms with E-state index in [-0.39, 0.29) is 0 Å². The molecule has 0 unspecified atom stereocenters. The first kappa shape index (κ1) is 11.8. The van der Waals surface area contributed by atoms with Crippen molar-refractivity contribution in [2.45, 2.75) is 0 Å². The molecule has 2 rings (SSSR count). The molecule has 3 N–H and O–H groups in total. The van der Waals surface area contributed by atoms with E-state index in [9.17, 15) is 0 Å². The van der Waals surface area contributed by atoms with Crippen LogP contribution in [0.3, 0.4) is 0 Å². The highest BCUT2D eigenvalue weighted by Gasteiger charge is 1.76. The fourth-order valence-corrected chi connectivity index (χ4v) is 1.41. The summed E-state index contributed by atoms with van der Waals surface area (Å²) in [4.78, 5) is 18.7. The summed E-state index contributed by atoms with van der Waals surface area (Å²) in [7, 11) is 0. The van der Waals surface area contributed by atoms with Gasteiger partial charge < -0.3 is 15.0 Å². The minimum Gasteiger partial charge on any atom is -0.309 e. The minimum absolute atomic E-state index is 0.448. The summed E-state index contributed by atoms with van der Waals surface area (Å²) >= 11 is 14.2. The smallest absolute Gasteiger partial charge is 0.178 e. The molecule has 0 atom stereocenters. The van der Waals surface area contributed by atoms with Gasteiger partial charge in [0.05, 0.1) is 0 Å². The summed E-state index contributed by atoms with van der Waals surface area (Å²) in [6, 6.07) is 0. The lowest BCUT2D eigenvalue weighted by Gasteiger charge is -1.84. The summed E-state index contributed by atoms with van der Waals surface area (Å²) in [5, 5.41) is 0. The standard InChI is InChI=1S/C3H3N3S3.C3H3N3/c7-1-4-2(8)6-3(9)5-1;1-4-2-6-3-5-1/h(H3,4,5,6,7,8,9);1-3H. The molecule has 0 amide bonds. The van der Waals surface area contributed by atoms with Crippen molar-refractivity contribution >= 4 is 36.7 Å². The third-order valence-corrected chi connectivity index (χ3v) is 1.69. The van der Waals surface area contributed by atoms with Gasteiger partial charge in [0.15, 0.2) is 14.3 Å². The van der Waals surface area contributed by atoms with Gasteiger partial charge in [-0.3, -0.25) is 0 Å². The van der Waals surface area contributed by atoms with Crippen LogP contribution in [0.2, 0.25) is 0 Å². The molecule has 0 saturated carbocycles. The second-order valence-electron chi connectivity index (χ2n) is 2.16. The monoisotopic (exact) mass is 258 g/mol. The Morgan fingerprint density at radius 3 is 1.13 bits per heavy atom. The fourth-order valence-electron chi connectivity index (χ4n) is 0.608. The highest BCUT2D eigenvalue weighted by Crippen LogP contribution is 1.79. The lowest BCUT2D eigenvalue weighted by Crippen LogP contribution is -1.86. The van der Waals surface area contributed by atoms with Crippen LogP contribution in [0.25, 0.3) is 0 Å². The average Bonchev–Trinajstić information content (AvgIpc) is 2.19. The molecule has 0 aliphatic rings. The van der Waals surface area contributed by atoms with Crippen molar-refractivity contribution in [1.82, 2.24) is 29.9 Å². The zero-order valence-electron chi connectivity index (χ0n) is 7.30. The summed E-state index contributed by atoms with van der Waals surface area (Å²) in [5.74, 6) is 0. The van der Waals surface area contributed by atoms with Crippen LogP contribution in [0.4, 0.5) is 0 Å². The molecule has 6 nitrogen and oxygen atoms in total. The lowest BCUT2D eigenvalue weighted by atomic mass is 11.1. The Morgan fingerprint density at radius 2 is 0.933 bits per heavy atom. The highest BCUT2D eigenvalue weighted by molar-refractivity contribution is 7.72. The first-order valence-corrected chi connectivity index (χ1v) is 4.89. The van der Waals surface area contributed by atoms with E-state index >= 15 is 0 Å². The van der Waals surface area contributed by atoms with E-state index in [2.05, 4.69) is 29.9 Å². The molecule has 0 aliphatic heterocycles. The average molecular weight is 258 g/mol. The van der Waals surface area contributed by atoms with Crippen LogP contribution in [-0.4, -0.2) is 29.9 Å². The van der Waals surface area contributed by atoms with Crippen LogP contribution in [0.15, 0.2) is 19.0 Å². The Labute approximate surface area is 99.9 Å². The zero-order valence-corrected chi connectivity index (χ0v) is 9.75. The van der Waals surface area contributed by atoms with Gasteiger partial charge in [0.2, 0.25) is 0 Å². The molecule has 2 aromatic rings. The van der Waals surface area contributed by atoms with Gasteiger partial charge in [0, 0.05) is 0 Å². The van der Waals surface area contributed by atoms with Gasteiger partial charge in [-0.25, -0.2) is 15.0 Å². The maximum atomic E-state index is 4.72. The van der Waals surface area contributed by atoms with Crippen molar-refractivity contribution < 1.29 is 0 Å². The Kier molecular flexibility index (Phi) is 4.87. The van der Waals surface area contributed by atoms with Crippen molar-refractivity contribution in [2.75, 3.05) is 0 Å². The van der Waals surface area contributed by atoms with Crippen molar-refractivity contribution in [2.24, 2.45) is 0 Å². The summed E-state index contributed by atoms with van der Waals surface area (Å²) < 4.78 is 1.34. The van der Waals surface area contributed by atoms with Gasteiger partial charge in [-0.05, 0) is 36.7 Å². The van der Waals surface area contributed by atoms with E-state index in [1.165, 1.54) is 19.0 Å². The second-order valence-corrected chi connectivity index (χ2v) is 3.38. The molecule has 0 spiro atoms. The maximum absolute atomic E-state index is 4.72. The van der Waals surface area contributed by atoms with Crippen molar-refractivity contribution in [3.63, 3.8) is 0 Å². The predicted octanol–water partition coefficient (Wildman–Crippen LogP) is 1.73. The summed E-state index contributed by atoms with van der Waals surface area (Å²) in [6.07, 6.45) is 4.31. The Morgan fingerprint density at radius 1 is 0.667 bits per heavy atom. The summed E-state index contributed by atoms with van der Waals surface area (Å²) in [6.45, 7) is 0. The molecule has 2 aromatic heterocycles. The molecule has 2 heterocycles. The van der Waals surface area contributed by atoms with Gasteiger partial charge in [-0.15, -0.1) is 0 Å². The molecule has 0 saturated heterocycles. The first-order chi connectivity index (χ1) is 7.18. The third kappa shape index (κ3) is 5.20. The number of aromatic nitrogens is 6. The van der Waals surface area contributed by atoms with Crippen LogP contribution in [0.5, 0.6) is 0 Å². The third-order valence-electron chi connectivity index (χ3n) is 1.08. The van der Waals surface area contributed by atoms with Gasteiger partial charge in [0.1, 0.15) is 19.0 Å². The highest BCUT2D eigenvalue weighted by atomic mass is 32.1. The molecule has 15 heavy (non-hydrogen) atoms. The number of hydrogen-bond donors (Lipinski definition) is 3.